The smallest absolute Gasteiger partial charge is 0.253 e. The molecular weight excluding hydrogens is 402 g/mol. The van der Waals surface area contributed by atoms with Gasteiger partial charge in [0.25, 0.3) is 5.91 Å². The normalized spacial score (nSPS) is 18.2. The molecule has 0 saturated carbocycles. The molecule has 0 bridgehead atoms. The first-order chi connectivity index (χ1) is 15.5. The molecule has 0 spiro atoms. The lowest BCUT2D eigenvalue weighted by Gasteiger charge is -2.40. The zero-order valence-corrected chi connectivity index (χ0v) is 19.3. The molecule has 2 amide bonds. The van der Waals surface area contributed by atoms with Crippen LogP contribution in [-0.4, -0.2) is 63.6 Å². The molecule has 4 rings (SSSR count). The summed E-state index contributed by atoms with van der Waals surface area (Å²) in [5.41, 5.74) is 2.56. The first kappa shape index (κ1) is 22.5. The van der Waals surface area contributed by atoms with Gasteiger partial charge in [0.05, 0.1) is 11.9 Å². The summed E-state index contributed by atoms with van der Waals surface area (Å²) in [6.07, 6.45) is 9.81. The summed E-state index contributed by atoms with van der Waals surface area (Å²) < 4.78 is 1.77. The second-order valence-electron chi connectivity index (χ2n) is 9.33. The Hall–Kier alpha value is -2.67. The summed E-state index contributed by atoms with van der Waals surface area (Å²) in [4.78, 5) is 29.4. The third-order valence-electron chi connectivity index (χ3n) is 6.66. The summed E-state index contributed by atoms with van der Waals surface area (Å²) in [5.74, 6) is 0.109. The minimum Gasteiger partial charge on any atom is -0.352 e. The molecule has 0 unspecified atom stereocenters. The maximum atomic E-state index is 13.0. The van der Waals surface area contributed by atoms with Crippen molar-refractivity contribution in [3.63, 3.8) is 0 Å². The molecule has 7 heteroatoms. The van der Waals surface area contributed by atoms with Crippen LogP contribution in [0.25, 0.3) is 5.69 Å². The van der Waals surface area contributed by atoms with Gasteiger partial charge in [0, 0.05) is 48.9 Å². The number of nitrogens with one attached hydrogen (secondary N) is 1. The Balaban J connectivity index is 1.31. The van der Waals surface area contributed by atoms with Crippen LogP contribution < -0.4 is 5.32 Å². The number of benzene rings is 1. The lowest BCUT2D eigenvalue weighted by molar-refractivity contribution is -0.124. The predicted molar refractivity (Wildman–Crippen MR) is 125 cm³/mol. The quantitative estimate of drug-likeness (QED) is 0.753. The molecule has 1 aromatic carbocycles. The second kappa shape index (κ2) is 10.3. The number of likely N-dealkylation sites (tertiary alicyclic amines) is 2. The van der Waals surface area contributed by atoms with Crippen LogP contribution in [0.4, 0.5) is 0 Å². The highest BCUT2D eigenvalue weighted by molar-refractivity contribution is 5.94. The highest BCUT2D eigenvalue weighted by Crippen LogP contribution is 2.22. The Labute approximate surface area is 190 Å². The van der Waals surface area contributed by atoms with E-state index in [2.05, 4.69) is 15.3 Å². The van der Waals surface area contributed by atoms with Gasteiger partial charge in [-0.1, -0.05) is 20.3 Å². The number of nitrogens with zero attached hydrogens (tertiary/aromatic N) is 4. The van der Waals surface area contributed by atoms with Crippen molar-refractivity contribution < 1.29 is 9.59 Å². The first-order valence-corrected chi connectivity index (χ1v) is 12.0. The molecule has 0 radical (unpaired) electrons. The van der Waals surface area contributed by atoms with Gasteiger partial charge < -0.3 is 15.1 Å². The van der Waals surface area contributed by atoms with Gasteiger partial charge in [-0.15, -0.1) is 0 Å². The van der Waals surface area contributed by atoms with Crippen molar-refractivity contribution in [2.75, 3.05) is 26.2 Å². The maximum Gasteiger partial charge on any atom is 0.253 e. The molecule has 32 heavy (non-hydrogen) atoms. The molecule has 0 aliphatic carbocycles. The van der Waals surface area contributed by atoms with E-state index in [0.29, 0.717) is 12.6 Å². The van der Waals surface area contributed by atoms with Crippen LogP contribution in [0.15, 0.2) is 36.7 Å². The standard InChI is InChI=1S/C25H35N5O2/c1-19(2)24(31)26-16-20-17-27-30(18-20)23-8-6-21(7-9-23)25(32)29-14-10-22(11-15-29)28-12-4-3-5-13-28/h6-9,17-19,22H,3-5,10-16H2,1-2H3,(H,26,31). The van der Waals surface area contributed by atoms with E-state index in [0.717, 1.165) is 42.7 Å². The van der Waals surface area contributed by atoms with Crippen LogP contribution in [-0.2, 0) is 11.3 Å². The summed E-state index contributed by atoms with van der Waals surface area (Å²) >= 11 is 0. The fraction of sp³-hybridized carbons (Fsp3) is 0.560. The van der Waals surface area contributed by atoms with Gasteiger partial charge in [-0.2, -0.15) is 5.10 Å². The van der Waals surface area contributed by atoms with E-state index >= 15 is 0 Å². The topological polar surface area (TPSA) is 70.5 Å². The van der Waals surface area contributed by atoms with Gasteiger partial charge in [-0.3, -0.25) is 9.59 Å². The fourth-order valence-electron chi connectivity index (χ4n) is 4.64. The fourth-order valence-corrected chi connectivity index (χ4v) is 4.64. The lowest BCUT2D eigenvalue weighted by Crippen LogP contribution is -2.48. The van der Waals surface area contributed by atoms with Gasteiger partial charge >= 0.3 is 0 Å². The van der Waals surface area contributed by atoms with Crippen molar-refractivity contribution in [1.82, 2.24) is 24.9 Å². The van der Waals surface area contributed by atoms with Crippen LogP contribution in [0.3, 0.4) is 0 Å². The number of hydrogen-bond acceptors (Lipinski definition) is 4. The number of amides is 2. The van der Waals surface area contributed by atoms with E-state index in [9.17, 15) is 9.59 Å². The van der Waals surface area contributed by atoms with Crippen LogP contribution >= 0.6 is 0 Å². The third-order valence-corrected chi connectivity index (χ3v) is 6.66. The van der Waals surface area contributed by atoms with Crippen molar-refractivity contribution in [3.8, 4) is 5.69 Å². The molecule has 7 nitrogen and oxygen atoms in total. The van der Waals surface area contributed by atoms with Crippen LogP contribution in [0.5, 0.6) is 0 Å². The molecule has 2 saturated heterocycles. The number of piperidine rings is 2. The highest BCUT2D eigenvalue weighted by Gasteiger charge is 2.28. The lowest BCUT2D eigenvalue weighted by atomic mass is 9.99. The summed E-state index contributed by atoms with van der Waals surface area (Å²) in [6.45, 7) is 8.33. The zero-order chi connectivity index (χ0) is 22.5. The van der Waals surface area contributed by atoms with Crippen molar-refractivity contribution in [2.24, 2.45) is 5.92 Å². The first-order valence-electron chi connectivity index (χ1n) is 12.0. The van der Waals surface area contributed by atoms with Crippen molar-refractivity contribution in [1.29, 1.82) is 0 Å². The molecule has 2 fully saturated rings. The van der Waals surface area contributed by atoms with E-state index in [1.54, 1.807) is 10.9 Å². The highest BCUT2D eigenvalue weighted by atomic mass is 16.2. The SMILES string of the molecule is CC(C)C(=O)NCc1cnn(-c2ccc(C(=O)N3CCC(N4CCCCC4)CC3)cc2)c1. The van der Waals surface area contributed by atoms with E-state index in [1.807, 2.05) is 49.2 Å². The van der Waals surface area contributed by atoms with Gasteiger partial charge in [-0.05, 0) is 63.0 Å². The number of carbonyl (C=O) groups is 2. The molecule has 1 N–H and O–H groups in total. The Morgan fingerprint density at radius 1 is 1.03 bits per heavy atom. The third kappa shape index (κ3) is 5.38. The van der Waals surface area contributed by atoms with Crippen LogP contribution in [0.1, 0.15) is 61.9 Å². The molecule has 2 aromatic rings. The van der Waals surface area contributed by atoms with Crippen LogP contribution in [0, 0.1) is 5.92 Å². The summed E-state index contributed by atoms with van der Waals surface area (Å²) in [7, 11) is 0. The Morgan fingerprint density at radius 3 is 2.38 bits per heavy atom. The van der Waals surface area contributed by atoms with E-state index in [-0.39, 0.29) is 17.7 Å². The van der Waals surface area contributed by atoms with Crippen molar-refractivity contribution >= 4 is 11.8 Å². The molecule has 1 aromatic heterocycles. The van der Waals surface area contributed by atoms with Gasteiger partial charge in [-0.25, -0.2) is 4.68 Å². The summed E-state index contributed by atoms with van der Waals surface area (Å²) in [6, 6.07) is 8.27. The van der Waals surface area contributed by atoms with Gasteiger partial charge in [0.15, 0.2) is 0 Å². The van der Waals surface area contributed by atoms with Gasteiger partial charge in [0.1, 0.15) is 0 Å². The van der Waals surface area contributed by atoms with E-state index in [1.165, 1.54) is 32.4 Å². The van der Waals surface area contributed by atoms with E-state index in [4.69, 9.17) is 0 Å². The minimum absolute atomic E-state index is 0.0283. The molecular formula is C25H35N5O2. The number of aromatic nitrogens is 2. The Bertz CT molecular complexity index is 907. The monoisotopic (exact) mass is 437 g/mol. The average Bonchev–Trinajstić information content (AvgIpc) is 3.32. The molecule has 3 heterocycles. The predicted octanol–water partition coefficient (Wildman–Crippen LogP) is 3.24. The number of carbonyl (C=O) groups excluding carboxylic acids is 2. The molecule has 0 atom stereocenters. The largest absolute Gasteiger partial charge is 0.352 e. The Morgan fingerprint density at radius 2 is 1.72 bits per heavy atom. The average molecular weight is 438 g/mol. The number of hydrogen-bond donors (Lipinski definition) is 1. The molecule has 172 valence electrons. The second-order valence-corrected chi connectivity index (χ2v) is 9.33. The zero-order valence-electron chi connectivity index (χ0n) is 19.3. The van der Waals surface area contributed by atoms with Crippen molar-refractivity contribution in [3.05, 3.63) is 47.8 Å². The molecule has 2 aliphatic heterocycles. The van der Waals surface area contributed by atoms with Crippen LogP contribution in [0.2, 0.25) is 0 Å². The van der Waals surface area contributed by atoms with Crippen molar-refractivity contribution in [2.45, 2.75) is 58.5 Å². The van der Waals surface area contributed by atoms with Gasteiger partial charge in [0.2, 0.25) is 5.91 Å². The Kier molecular flexibility index (Phi) is 7.25. The molecule has 2 aliphatic rings. The minimum atomic E-state index is -0.0364. The summed E-state index contributed by atoms with van der Waals surface area (Å²) in [5, 5.41) is 7.29. The number of rotatable bonds is 6. The maximum absolute atomic E-state index is 13.0. The van der Waals surface area contributed by atoms with E-state index < -0.39 is 0 Å².